The van der Waals surface area contributed by atoms with Crippen LogP contribution in [0.15, 0.2) is 22.7 Å². The molecule has 134 valence electrons. The Hall–Kier alpha value is -1.56. The molecular formula is C18H21Cl2N3O2. The first kappa shape index (κ1) is 18.2. The zero-order chi connectivity index (χ0) is 18.0. The van der Waals surface area contributed by atoms with Crippen molar-refractivity contribution in [2.45, 2.75) is 26.8 Å². The van der Waals surface area contributed by atoms with Crippen molar-refractivity contribution >= 4 is 29.1 Å². The fourth-order valence-corrected chi connectivity index (χ4v) is 3.60. The Morgan fingerprint density at radius 3 is 2.32 bits per heavy atom. The van der Waals surface area contributed by atoms with Crippen molar-refractivity contribution in [2.75, 3.05) is 26.2 Å². The molecule has 2 aromatic rings. The topological polar surface area (TPSA) is 49.6 Å². The van der Waals surface area contributed by atoms with Gasteiger partial charge in [0.05, 0.1) is 12.1 Å². The summed E-state index contributed by atoms with van der Waals surface area (Å²) < 4.78 is 5.22. The maximum atomic E-state index is 12.6. The van der Waals surface area contributed by atoms with Gasteiger partial charge in [-0.3, -0.25) is 9.69 Å². The van der Waals surface area contributed by atoms with E-state index in [0.717, 1.165) is 36.7 Å². The summed E-state index contributed by atoms with van der Waals surface area (Å²) in [6.07, 6.45) is 0.238. The number of benzene rings is 1. The van der Waals surface area contributed by atoms with E-state index in [4.69, 9.17) is 27.7 Å². The van der Waals surface area contributed by atoms with E-state index in [1.54, 1.807) is 18.2 Å². The van der Waals surface area contributed by atoms with Crippen molar-refractivity contribution in [1.82, 2.24) is 15.0 Å². The van der Waals surface area contributed by atoms with Gasteiger partial charge in [0.1, 0.15) is 5.76 Å². The molecule has 7 heteroatoms. The molecule has 1 saturated heterocycles. The lowest BCUT2D eigenvalue weighted by atomic mass is 10.1. The van der Waals surface area contributed by atoms with Crippen molar-refractivity contribution in [3.8, 4) is 0 Å². The van der Waals surface area contributed by atoms with Gasteiger partial charge in [0.15, 0.2) is 0 Å². The summed E-state index contributed by atoms with van der Waals surface area (Å²) in [6, 6.07) is 5.31. The number of rotatable bonds is 4. The lowest BCUT2D eigenvalue weighted by molar-refractivity contribution is -0.132. The molecule has 0 N–H and O–H groups in total. The molecule has 3 rings (SSSR count). The lowest BCUT2D eigenvalue weighted by Crippen LogP contribution is -2.48. The van der Waals surface area contributed by atoms with E-state index >= 15 is 0 Å². The number of carbonyl (C=O) groups is 1. The Morgan fingerprint density at radius 2 is 1.76 bits per heavy atom. The summed E-state index contributed by atoms with van der Waals surface area (Å²) in [4.78, 5) is 16.8. The van der Waals surface area contributed by atoms with Crippen molar-refractivity contribution in [3.05, 3.63) is 50.8 Å². The molecule has 5 nitrogen and oxygen atoms in total. The smallest absolute Gasteiger partial charge is 0.227 e. The van der Waals surface area contributed by atoms with Gasteiger partial charge in [-0.2, -0.15) is 0 Å². The van der Waals surface area contributed by atoms with E-state index in [2.05, 4.69) is 10.1 Å². The van der Waals surface area contributed by atoms with Crippen molar-refractivity contribution in [3.63, 3.8) is 0 Å². The SMILES string of the molecule is Cc1noc(C)c1CN1CCN(C(=O)Cc2c(Cl)cccc2Cl)CC1. The quantitative estimate of drug-likeness (QED) is 0.813. The summed E-state index contributed by atoms with van der Waals surface area (Å²) in [5.41, 5.74) is 2.78. The molecule has 0 radical (unpaired) electrons. The normalized spacial score (nSPS) is 15.6. The summed E-state index contributed by atoms with van der Waals surface area (Å²) in [5, 5.41) is 5.08. The minimum absolute atomic E-state index is 0.0620. The Kier molecular flexibility index (Phi) is 5.67. The average molecular weight is 382 g/mol. The van der Waals surface area contributed by atoms with Crippen LogP contribution in [0.1, 0.15) is 22.6 Å². The number of hydrogen-bond acceptors (Lipinski definition) is 4. The van der Waals surface area contributed by atoms with Gasteiger partial charge >= 0.3 is 0 Å². The fraction of sp³-hybridized carbons (Fsp3) is 0.444. The fourth-order valence-electron chi connectivity index (χ4n) is 3.07. The molecule has 0 aliphatic carbocycles. The Labute approximate surface area is 157 Å². The Balaban J connectivity index is 1.56. The van der Waals surface area contributed by atoms with E-state index in [1.165, 1.54) is 0 Å². The second-order valence-electron chi connectivity index (χ2n) is 6.34. The molecule has 0 unspecified atom stereocenters. The van der Waals surface area contributed by atoms with Gasteiger partial charge in [-0.05, 0) is 31.5 Å². The van der Waals surface area contributed by atoms with E-state index < -0.39 is 0 Å². The molecule has 25 heavy (non-hydrogen) atoms. The summed E-state index contributed by atoms with van der Waals surface area (Å²) in [6.45, 7) is 7.74. The van der Waals surface area contributed by atoms with E-state index in [0.29, 0.717) is 28.7 Å². The van der Waals surface area contributed by atoms with Gasteiger partial charge in [0.25, 0.3) is 0 Å². The maximum absolute atomic E-state index is 12.6. The average Bonchev–Trinajstić information content (AvgIpc) is 2.91. The third kappa shape index (κ3) is 4.17. The van der Waals surface area contributed by atoms with Gasteiger partial charge in [0.2, 0.25) is 5.91 Å². The third-order valence-electron chi connectivity index (χ3n) is 4.68. The highest BCUT2D eigenvalue weighted by atomic mass is 35.5. The lowest BCUT2D eigenvalue weighted by Gasteiger charge is -2.34. The minimum atomic E-state index is 0.0620. The highest BCUT2D eigenvalue weighted by molar-refractivity contribution is 6.36. The molecule has 1 aromatic carbocycles. The zero-order valence-electron chi connectivity index (χ0n) is 14.4. The number of amides is 1. The first-order valence-electron chi connectivity index (χ1n) is 8.30. The zero-order valence-corrected chi connectivity index (χ0v) is 15.9. The standard InChI is InChI=1S/C18H21Cl2N3O2/c1-12-15(13(2)25-21-12)11-22-6-8-23(9-7-22)18(24)10-14-16(19)4-3-5-17(14)20/h3-5H,6-11H2,1-2H3. The van der Waals surface area contributed by atoms with Crippen LogP contribution in [0.3, 0.4) is 0 Å². The van der Waals surface area contributed by atoms with Crippen molar-refractivity contribution in [2.24, 2.45) is 0 Å². The molecule has 1 amide bonds. The van der Waals surface area contributed by atoms with Crippen LogP contribution in [0, 0.1) is 13.8 Å². The molecule has 0 saturated carbocycles. The number of hydrogen-bond donors (Lipinski definition) is 0. The molecule has 2 heterocycles. The van der Waals surface area contributed by atoms with Crippen LogP contribution >= 0.6 is 23.2 Å². The van der Waals surface area contributed by atoms with E-state index in [1.807, 2.05) is 18.7 Å². The molecule has 0 atom stereocenters. The Morgan fingerprint density at radius 1 is 1.12 bits per heavy atom. The van der Waals surface area contributed by atoms with Gasteiger partial charge in [-0.25, -0.2) is 0 Å². The number of piperazine rings is 1. The largest absolute Gasteiger partial charge is 0.361 e. The summed E-state index contributed by atoms with van der Waals surface area (Å²) in [7, 11) is 0. The molecule has 1 aromatic heterocycles. The number of halogens is 2. The Bertz CT molecular complexity index is 728. The molecule has 1 fully saturated rings. The number of aromatic nitrogens is 1. The summed E-state index contributed by atoms with van der Waals surface area (Å²) >= 11 is 12.3. The van der Waals surface area contributed by atoms with Crippen LogP contribution in [0.5, 0.6) is 0 Å². The second kappa shape index (κ2) is 7.77. The van der Waals surface area contributed by atoms with Crippen LogP contribution in [0.4, 0.5) is 0 Å². The van der Waals surface area contributed by atoms with E-state index in [9.17, 15) is 4.79 Å². The minimum Gasteiger partial charge on any atom is -0.361 e. The number of nitrogens with zero attached hydrogens (tertiary/aromatic N) is 3. The predicted octanol–water partition coefficient (Wildman–Crippen LogP) is 3.49. The predicted molar refractivity (Wildman–Crippen MR) is 98.0 cm³/mol. The highest BCUT2D eigenvalue weighted by Crippen LogP contribution is 2.25. The van der Waals surface area contributed by atoms with E-state index in [-0.39, 0.29) is 12.3 Å². The molecular weight excluding hydrogens is 361 g/mol. The molecule has 1 aliphatic heterocycles. The molecule has 1 aliphatic rings. The first-order valence-corrected chi connectivity index (χ1v) is 9.06. The molecule has 0 bridgehead atoms. The monoisotopic (exact) mass is 381 g/mol. The van der Waals surface area contributed by atoms with Gasteiger partial charge in [0, 0.05) is 48.3 Å². The van der Waals surface area contributed by atoms with Crippen molar-refractivity contribution in [1.29, 1.82) is 0 Å². The van der Waals surface area contributed by atoms with Gasteiger partial charge in [-0.1, -0.05) is 34.4 Å². The van der Waals surface area contributed by atoms with Crippen LogP contribution < -0.4 is 0 Å². The van der Waals surface area contributed by atoms with Crippen LogP contribution in [0.25, 0.3) is 0 Å². The second-order valence-corrected chi connectivity index (χ2v) is 7.15. The maximum Gasteiger partial charge on any atom is 0.227 e. The third-order valence-corrected chi connectivity index (χ3v) is 5.39. The van der Waals surface area contributed by atoms with Gasteiger partial charge in [-0.15, -0.1) is 0 Å². The van der Waals surface area contributed by atoms with Crippen molar-refractivity contribution < 1.29 is 9.32 Å². The molecule has 0 spiro atoms. The highest BCUT2D eigenvalue weighted by Gasteiger charge is 2.24. The van der Waals surface area contributed by atoms with Crippen LogP contribution in [-0.2, 0) is 17.8 Å². The van der Waals surface area contributed by atoms with Crippen LogP contribution in [0.2, 0.25) is 10.0 Å². The van der Waals surface area contributed by atoms with Gasteiger partial charge < -0.3 is 9.42 Å². The number of carbonyl (C=O) groups excluding carboxylic acids is 1. The summed E-state index contributed by atoms with van der Waals surface area (Å²) in [5.74, 6) is 0.927. The first-order chi connectivity index (χ1) is 12.0. The number of aryl methyl sites for hydroxylation is 2. The van der Waals surface area contributed by atoms with Crippen LogP contribution in [-0.4, -0.2) is 47.0 Å².